The van der Waals surface area contributed by atoms with Crippen LogP contribution in [0, 0.1) is 0 Å². The minimum Gasteiger partial charge on any atom is -0.310 e. The molecular weight excluding hydrogens is 731 g/mol. The summed E-state index contributed by atoms with van der Waals surface area (Å²) in [4.78, 5) is 2.54. The van der Waals surface area contributed by atoms with Gasteiger partial charge in [-0.1, -0.05) is 172 Å². The predicted molar refractivity (Wildman–Crippen MR) is 255 cm³/mol. The third-order valence-electron chi connectivity index (χ3n) is 12.8. The molecule has 0 fully saturated rings. The molecule has 0 saturated carbocycles. The van der Waals surface area contributed by atoms with Crippen LogP contribution in [0.3, 0.4) is 0 Å². The van der Waals surface area contributed by atoms with Crippen molar-refractivity contribution in [2.24, 2.45) is 0 Å². The SMILES string of the molecule is CC1(C)c2ccccc2-c2ccc(N(c3ccc4c(c3)sc3ccccc34)c3cccc(-c4cccc5ccccc45)c3-c3cc4ccccc4c4ccccc34)cc21. The van der Waals surface area contributed by atoms with Crippen LogP contribution in [0.25, 0.3) is 85.9 Å². The van der Waals surface area contributed by atoms with Gasteiger partial charge in [0.05, 0.1) is 5.69 Å². The van der Waals surface area contributed by atoms with Gasteiger partial charge in [-0.25, -0.2) is 0 Å². The van der Waals surface area contributed by atoms with Gasteiger partial charge < -0.3 is 4.90 Å². The Morgan fingerprint density at radius 2 is 0.949 bits per heavy atom. The highest BCUT2D eigenvalue weighted by Crippen LogP contribution is 2.53. The lowest BCUT2D eigenvalue weighted by atomic mass is 9.82. The summed E-state index contributed by atoms with van der Waals surface area (Å²) in [6, 6.07) is 74.7. The van der Waals surface area contributed by atoms with E-state index in [-0.39, 0.29) is 5.41 Å². The average Bonchev–Trinajstić information content (AvgIpc) is 3.77. The van der Waals surface area contributed by atoms with Gasteiger partial charge in [0.25, 0.3) is 0 Å². The van der Waals surface area contributed by atoms with Gasteiger partial charge in [-0.05, 0) is 114 Å². The highest BCUT2D eigenvalue weighted by molar-refractivity contribution is 7.25. The van der Waals surface area contributed by atoms with E-state index >= 15 is 0 Å². The number of fused-ring (bicyclic) bond motifs is 10. The lowest BCUT2D eigenvalue weighted by molar-refractivity contribution is 0.660. The van der Waals surface area contributed by atoms with Gasteiger partial charge in [0.1, 0.15) is 0 Å². The highest BCUT2D eigenvalue weighted by atomic mass is 32.1. The number of anilines is 3. The molecule has 278 valence electrons. The van der Waals surface area contributed by atoms with Crippen LogP contribution in [-0.4, -0.2) is 0 Å². The summed E-state index contributed by atoms with van der Waals surface area (Å²) < 4.78 is 2.59. The molecule has 11 aromatic rings. The van der Waals surface area contributed by atoms with Gasteiger partial charge in [0.15, 0.2) is 0 Å². The molecule has 1 heterocycles. The van der Waals surface area contributed by atoms with E-state index in [9.17, 15) is 0 Å². The first-order chi connectivity index (χ1) is 29.0. The zero-order chi connectivity index (χ0) is 39.2. The Kier molecular flexibility index (Phi) is 7.51. The fourth-order valence-electron chi connectivity index (χ4n) is 10.1. The molecule has 1 nitrogen and oxygen atoms in total. The summed E-state index contributed by atoms with van der Waals surface area (Å²) in [7, 11) is 0. The molecular formula is C57H39NS. The molecule has 10 aromatic carbocycles. The molecule has 0 amide bonds. The maximum Gasteiger partial charge on any atom is 0.0546 e. The van der Waals surface area contributed by atoms with Gasteiger partial charge in [-0.15, -0.1) is 11.3 Å². The molecule has 0 saturated heterocycles. The van der Waals surface area contributed by atoms with Crippen molar-refractivity contribution in [2.75, 3.05) is 4.90 Å². The molecule has 2 heteroatoms. The van der Waals surface area contributed by atoms with Crippen LogP contribution >= 0.6 is 11.3 Å². The van der Waals surface area contributed by atoms with Crippen molar-refractivity contribution in [3.63, 3.8) is 0 Å². The fourth-order valence-corrected chi connectivity index (χ4v) is 11.2. The topological polar surface area (TPSA) is 3.24 Å². The van der Waals surface area contributed by atoms with Crippen LogP contribution in [0.1, 0.15) is 25.0 Å². The Balaban J connectivity index is 1.21. The highest BCUT2D eigenvalue weighted by Gasteiger charge is 2.36. The molecule has 1 aliphatic rings. The number of benzene rings is 10. The van der Waals surface area contributed by atoms with Gasteiger partial charge in [-0.2, -0.15) is 0 Å². The van der Waals surface area contributed by atoms with Crippen LogP contribution in [-0.2, 0) is 5.41 Å². The molecule has 12 rings (SSSR count). The van der Waals surface area contributed by atoms with Crippen molar-refractivity contribution in [3.8, 4) is 33.4 Å². The first-order valence-electron chi connectivity index (χ1n) is 20.5. The number of hydrogen-bond acceptors (Lipinski definition) is 2. The van der Waals surface area contributed by atoms with E-state index in [0.29, 0.717) is 0 Å². The minimum absolute atomic E-state index is 0.148. The van der Waals surface area contributed by atoms with Crippen molar-refractivity contribution in [1.29, 1.82) is 0 Å². The Hall–Kier alpha value is -7.00. The Morgan fingerprint density at radius 3 is 1.83 bits per heavy atom. The number of nitrogens with zero attached hydrogens (tertiary/aromatic N) is 1. The van der Waals surface area contributed by atoms with Gasteiger partial charge in [-0.3, -0.25) is 0 Å². The quantitative estimate of drug-likeness (QED) is 0.158. The molecule has 0 spiro atoms. The monoisotopic (exact) mass is 769 g/mol. The second-order valence-corrected chi connectivity index (χ2v) is 17.5. The average molecular weight is 770 g/mol. The molecule has 0 aliphatic heterocycles. The lowest BCUT2D eigenvalue weighted by Crippen LogP contribution is -2.17. The van der Waals surface area contributed by atoms with E-state index in [1.165, 1.54) is 97.0 Å². The van der Waals surface area contributed by atoms with Crippen LogP contribution in [0.2, 0.25) is 0 Å². The third-order valence-corrected chi connectivity index (χ3v) is 14.0. The van der Waals surface area contributed by atoms with Crippen molar-refractivity contribution in [3.05, 3.63) is 211 Å². The van der Waals surface area contributed by atoms with Gasteiger partial charge >= 0.3 is 0 Å². The molecule has 0 N–H and O–H groups in total. The van der Waals surface area contributed by atoms with Gasteiger partial charge in [0, 0.05) is 42.5 Å². The zero-order valence-corrected chi connectivity index (χ0v) is 33.7. The van der Waals surface area contributed by atoms with Crippen molar-refractivity contribution in [1.82, 2.24) is 0 Å². The largest absolute Gasteiger partial charge is 0.310 e. The van der Waals surface area contributed by atoms with E-state index in [2.05, 4.69) is 219 Å². The van der Waals surface area contributed by atoms with Crippen LogP contribution in [0.15, 0.2) is 200 Å². The van der Waals surface area contributed by atoms with Crippen LogP contribution in [0.4, 0.5) is 17.1 Å². The van der Waals surface area contributed by atoms with Crippen LogP contribution in [0.5, 0.6) is 0 Å². The second-order valence-electron chi connectivity index (χ2n) is 16.4. The molecule has 0 atom stereocenters. The summed E-state index contributed by atoms with van der Waals surface area (Å²) >= 11 is 1.87. The molecule has 0 radical (unpaired) electrons. The van der Waals surface area contributed by atoms with E-state index < -0.39 is 0 Å². The number of rotatable bonds is 5. The molecule has 0 unspecified atom stereocenters. The predicted octanol–water partition coefficient (Wildman–Crippen LogP) is 16.6. The van der Waals surface area contributed by atoms with Crippen molar-refractivity contribution in [2.45, 2.75) is 19.3 Å². The number of thiophene rings is 1. The summed E-state index contributed by atoms with van der Waals surface area (Å²) in [5, 5.41) is 10.1. The first-order valence-corrected chi connectivity index (χ1v) is 21.3. The molecule has 1 aromatic heterocycles. The summed E-state index contributed by atoms with van der Waals surface area (Å²) in [6.45, 7) is 4.76. The Bertz CT molecular complexity index is 3490. The molecule has 0 bridgehead atoms. The normalized spacial score (nSPS) is 13.1. The molecule has 1 aliphatic carbocycles. The van der Waals surface area contributed by atoms with Gasteiger partial charge in [0.2, 0.25) is 0 Å². The van der Waals surface area contributed by atoms with Crippen molar-refractivity contribution >= 4 is 80.9 Å². The second kappa shape index (κ2) is 13.0. The summed E-state index contributed by atoms with van der Waals surface area (Å²) in [5.41, 5.74) is 13.5. The van der Waals surface area contributed by atoms with E-state index in [4.69, 9.17) is 0 Å². The summed E-state index contributed by atoms with van der Waals surface area (Å²) in [5.74, 6) is 0. The van der Waals surface area contributed by atoms with Crippen molar-refractivity contribution < 1.29 is 0 Å². The van der Waals surface area contributed by atoms with Crippen LogP contribution < -0.4 is 4.90 Å². The first kappa shape index (κ1) is 34.1. The fraction of sp³-hybridized carbons (Fsp3) is 0.0526. The van der Waals surface area contributed by atoms with E-state index in [0.717, 1.165) is 17.1 Å². The Labute approximate surface area is 348 Å². The Morgan fingerprint density at radius 1 is 0.356 bits per heavy atom. The zero-order valence-electron chi connectivity index (χ0n) is 32.9. The summed E-state index contributed by atoms with van der Waals surface area (Å²) in [6.07, 6.45) is 0. The lowest BCUT2D eigenvalue weighted by Gasteiger charge is -2.31. The number of hydrogen-bond donors (Lipinski definition) is 0. The smallest absolute Gasteiger partial charge is 0.0546 e. The maximum atomic E-state index is 2.54. The van der Waals surface area contributed by atoms with E-state index in [1.807, 2.05) is 11.3 Å². The minimum atomic E-state index is -0.148. The standard InChI is InChI=1S/C57H39NS/c1-57(2)51-26-11-9-22-45(51)46-31-29-38(34-52(46)57)58(39-30-32-48-47-23-10-12-28-54(47)59-55(48)35-39)53-27-14-25-49(43-24-13-17-36-15-3-5-18-40(36)43)56(53)50-33-37-16-4-6-19-41(37)42-20-7-8-21-44(42)50/h3-35H,1-2H3. The maximum absolute atomic E-state index is 2.54. The third kappa shape index (κ3) is 5.16. The van der Waals surface area contributed by atoms with E-state index in [1.54, 1.807) is 0 Å². The molecule has 59 heavy (non-hydrogen) atoms.